The quantitative estimate of drug-likeness (QED) is 0.348. The van der Waals surface area contributed by atoms with Crippen molar-refractivity contribution in [1.29, 1.82) is 0 Å². The van der Waals surface area contributed by atoms with Crippen LogP contribution in [0.25, 0.3) is 0 Å². The highest BCUT2D eigenvalue weighted by molar-refractivity contribution is 14.0. The van der Waals surface area contributed by atoms with Crippen molar-refractivity contribution in [1.82, 2.24) is 15.5 Å². The number of amides is 1. The number of rotatable bonds is 7. The summed E-state index contributed by atoms with van der Waals surface area (Å²) in [5.41, 5.74) is 1.11. The van der Waals surface area contributed by atoms with Gasteiger partial charge in [0.25, 0.3) is 0 Å². The molecule has 1 aromatic carbocycles. The average molecular weight is 500 g/mol. The molecule has 1 heterocycles. The summed E-state index contributed by atoms with van der Waals surface area (Å²) in [4.78, 5) is 19.4. The monoisotopic (exact) mass is 500 g/mol. The Balaban J connectivity index is 0.00000364. The molecule has 0 spiro atoms. The molecule has 2 aromatic rings. The van der Waals surface area contributed by atoms with Gasteiger partial charge in [0.15, 0.2) is 5.96 Å². The fraction of sp³-hybridized carbons (Fsp3) is 0.400. The second-order valence-electron chi connectivity index (χ2n) is 7.01. The molecule has 5 nitrogen and oxygen atoms in total. The highest BCUT2D eigenvalue weighted by atomic mass is 127. The summed E-state index contributed by atoms with van der Waals surface area (Å²) in [5.74, 6) is 0.658. The average Bonchev–Trinajstić information content (AvgIpc) is 3.17. The van der Waals surface area contributed by atoms with Gasteiger partial charge in [-0.2, -0.15) is 0 Å². The molecule has 0 fully saturated rings. The van der Waals surface area contributed by atoms with Crippen LogP contribution in [0.1, 0.15) is 24.3 Å². The number of benzene rings is 1. The molecule has 0 aliphatic carbocycles. The van der Waals surface area contributed by atoms with E-state index in [4.69, 9.17) is 0 Å². The Morgan fingerprint density at radius 1 is 1.11 bits per heavy atom. The predicted molar refractivity (Wildman–Crippen MR) is 125 cm³/mol. The van der Waals surface area contributed by atoms with E-state index in [9.17, 15) is 4.79 Å². The number of nitrogens with one attached hydrogen (secondary N) is 2. The molecule has 0 atom stereocenters. The van der Waals surface area contributed by atoms with E-state index in [0.717, 1.165) is 12.1 Å². The van der Waals surface area contributed by atoms with Crippen molar-refractivity contribution in [2.75, 3.05) is 27.2 Å². The molecule has 0 radical (unpaired) electrons. The van der Waals surface area contributed by atoms with E-state index in [1.54, 1.807) is 30.3 Å². The van der Waals surface area contributed by atoms with Gasteiger partial charge in [0.2, 0.25) is 5.91 Å². The zero-order chi connectivity index (χ0) is 19.0. The first kappa shape index (κ1) is 23.4. The summed E-state index contributed by atoms with van der Waals surface area (Å²) in [5, 5.41) is 8.62. The maximum absolute atomic E-state index is 11.9. The predicted octanol–water partition coefficient (Wildman–Crippen LogP) is 3.47. The van der Waals surface area contributed by atoms with Gasteiger partial charge >= 0.3 is 0 Å². The fourth-order valence-corrected chi connectivity index (χ4v) is 3.15. The molecule has 7 heteroatoms. The molecular weight excluding hydrogens is 471 g/mol. The summed E-state index contributed by atoms with van der Waals surface area (Å²) in [6, 6.07) is 14.3. The van der Waals surface area contributed by atoms with Crippen LogP contribution in [-0.2, 0) is 16.8 Å². The molecule has 2 N–H and O–H groups in total. The van der Waals surface area contributed by atoms with Gasteiger partial charge in [-0.15, -0.1) is 35.3 Å². The first-order chi connectivity index (χ1) is 12.4. The molecule has 27 heavy (non-hydrogen) atoms. The van der Waals surface area contributed by atoms with Crippen LogP contribution in [0.4, 0.5) is 0 Å². The van der Waals surface area contributed by atoms with Crippen LogP contribution in [0.5, 0.6) is 0 Å². The van der Waals surface area contributed by atoms with Gasteiger partial charge in [0.05, 0.1) is 13.1 Å². The van der Waals surface area contributed by atoms with Crippen molar-refractivity contribution in [3.05, 3.63) is 58.3 Å². The fourth-order valence-electron chi connectivity index (χ4n) is 2.30. The lowest BCUT2D eigenvalue weighted by molar-refractivity contribution is -0.127. The van der Waals surface area contributed by atoms with Gasteiger partial charge in [0.1, 0.15) is 0 Å². The summed E-state index contributed by atoms with van der Waals surface area (Å²) < 4.78 is 0. The first-order valence-electron chi connectivity index (χ1n) is 8.69. The summed E-state index contributed by atoms with van der Waals surface area (Å²) in [7, 11) is 3.50. The second kappa shape index (κ2) is 11.3. The molecule has 0 aliphatic rings. The second-order valence-corrected chi connectivity index (χ2v) is 7.95. The minimum atomic E-state index is -0.0189. The van der Waals surface area contributed by atoms with E-state index >= 15 is 0 Å². The number of halogens is 1. The SMILES string of the molecule is CN(C)C(=O)CNC(=NCc1ccccc1)NCC(C)(C)c1cccs1.I. The molecule has 0 saturated heterocycles. The number of carbonyl (C=O) groups excluding carboxylic acids is 1. The zero-order valence-electron chi connectivity index (χ0n) is 16.4. The Hall–Kier alpha value is -1.61. The lowest BCUT2D eigenvalue weighted by Gasteiger charge is -2.25. The minimum Gasteiger partial charge on any atom is -0.355 e. The maximum atomic E-state index is 11.9. The normalized spacial score (nSPS) is 11.5. The number of nitrogens with zero attached hydrogens (tertiary/aromatic N) is 2. The number of aliphatic imine (C=N–C) groups is 1. The van der Waals surface area contributed by atoms with Gasteiger partial charge in [0, 0.05) is 30.9 Å². The van der Waals surface area contributed by atoms with Gasteiger partial charge in [-0.25, -0.2) is 4.99 Å². The molecule has 1 aromatic heterocycles. The number of guanidine groups is 1. The number of hydrogen-bond acceptors (Lipinski definition) is 3. The Morgan fingerprint density at radius 3 is 2.41 bits per heavy atom. The Morgan fingerprint density at radius 2 is 1.81 bits per heavy atom. The smallest absolute Gasteiger partial charge is 0.241 e. The number of thiophene rings is 1. The molecule has 0 unspecified atom stereocenters. The third-order valence-electron chi connectivity index (χ3n) is 4.05. The molecule has 0 bridgehead atoms. The lowest BCUT2D eigenvalue weighted by atomic mass is 9.91. The minimum absolute atomic E-state index is 0. The highest BCUT2D eigenvalue weighted by Gasteiger charge is 2.22. The molecule has 1 amide bonds. The van der Waals surface area contributed by atoms with Crippen LogP contribution in [0, 0.1) is 0 Å². The van der Waals surface area contributed by atoms with Crippen molar-refractivity contribution >= 4 is 47.2 Å². The first-order valence-corrected chi connectivity index (χ1v) is 9.57. The van der Waals surface area contributed by atoms with Crippen LogP contribution in [0.15, 0.2) is 52.8 Å². The van der Waals surface area contributed by atoms with E-state index in [1.165, 1.54) is 4.88 Å². The number of hydrogen-bond donors (Lipinski definition) is 2. The van der Waals surface area contributed by atoms with Crippen molar-refractivity contribution < 1.29 is 4.79 Å². The standard InChI is InChI=1S/C20H28N4OS.HI/c1-20(2,17-11-8-12-26-17)15-23-19(22-14-18(25)24(3)4)21-13-16-9-6-5-7-10-16;/h5-12H,13-15H2,1-4H3,(H2,21,22,23);1H. The van der Waals surface area contributed by atoms with E-state index in [0.29, 0.717) is 12.5 Å². The highest BCUT2D eigenvalue weighted by Crippen LogP contribution is 2.26. The molecule has 0 saturated carbocycles. The third kappa shape index (κ3) is 7.88. The van der Waals surface area contributed by atoms with Crippen LogP contribution >= 0.6 is 35.3 Å². The van der Waals surface area contributed by atoms with Crippen molar-refractivity contribution in [2.45, 2.75) is 25.8 Å². The van der Waals surface area contributed by atoms with E-state index in [1.807, 2.05) is 30.3 Å². The van der Waals surface area contributed by atoms with E-state index in [-0.39, 0.29) is 41.8 Å². The van der Waals surface area contributed by atoms with E-state index < -0.39 is 0 Å². The Bertz CT molecular complexity index is 715. The number of likely N-dealkylation sites (N-methyl/N-ethyl adjacent to an activating group) is 1. The summed E-state index contributed by atoms with van der Waals surface area (Å²) in [6.07, 6.45) is 0. The van der Waals surface area contributed by atoms with Gasteiger partial charge in [-0.1, -0.05) is 50.2 Å². The van der Waals surface area contributed by atoms with Gasteiger partial charge < -0.3 is 15.5 Å². The third-order valence-corrected chi connectivity index (χ3v) is 5.29. The van der Waals surface area contributed by atoms with Crippen molar-refractivity contribution in [3.8, 4) is 0 Å². The summed E-state index contributed by atoms with van der Waals surface area (Å²) in [6.45, 7) is 5.90. The topological polar surface area (TPSA) is 56.7 Å². The Kier molecular flexibility index (Phi) is 9.79. The largest absolute Gasteiger partial charge is 0.355 e. The lowest BCUT2D eigenvalue weighted by Crippen LogP contribution is -2.46. The zero-order valence-corrected chi connectivity index (χ0v) is 19.5. The Labute approximate surface area is 183 Å². The van der Waals surface area contributed by atoms with Crippen LogP contribution in [0.2, 0.25) is 0 Å². The van der Waals surface area contributed by atoms with Crippen LogP contribution in [0.3, 0.4) is 0 Å². The molecule has 2 rings (SSSR count). The van der Waals surface area contributed by atoms with Crippen molar-refractivity contribution in [2.24, 2.45) is 4.99 Å². The van der Waals surface area contributed by atoms with Crippen molar-refractivity contribution in [3.63, 3.8) is 0 Å². The van der Waals surface area contributed by atoms with Crippen LogP contribution < -0.4 is 10.6 Å². The molecular formula is C20H29IN4OS. The van der Waals surface area contributed by atoms with Gasteiger partial charge in [-0.3, -0.25) is 4.79 Å². The van der Waals surface area contributed by atoms with Crippen LogP contribution in [-0.4, -0.2) is 44.0 Å². The maximum Gasteiger partial charge on any atom is 0.241 e. The number of carbonyl (C=O) groups is 1. The summed E-state index contributed by atoms with van der Waals surface area (Å²) >= 11 is 1.75. The molecule has 148 valence electrons. The van der Waals surface area contributed by atoms with E-state index in [2.05, 4.69) is 47.0 Å². The van der Waals surface area contributed by atoms with Gasteiger partial charge in [-0.05, 0) is 17.0 Å². The molecule has 0 aliphatic heterocycles.